The number of fused-ring (bicyclic) bond motifs is 1. The zero-order valence-corrected chi connectivity index (χ0v) is 17.5. The first-order valence-electron chi connectivity index (χ1n) is 9.44. The van der Waals surface area contributed by atoms with Gasteiger partial charge in [-0.2, -0.15) is 0 Å². The number of rotatable bonds is 5. The van der Waals surface area contributed by atoms with Gasteiger partial charge in [-0.1, -0.05) is 16.8 Å². The third-order valence-corrected chi connectivity index (χ3v) is 5.51. The van der Waals surface area contributed by atoms with E-state index in [1.54, 1.807) is 10.9 Å². The van der Waals surface area contributed by atoms with E-state index in [4.69, 9.17) is 11.6 Å². The summed E-state index contributed by atoms with van der Waals surface area (Å²) in [5.41, 5.74) is 3.69. The number of amides is 1. The molecule has 1 amide bonds. The topological polar surface area (TPSA) is 88.0 Å². The van der Waals surface area contributed by atoms with Gasteiger partial charge in [-0.25, -0.2) is 14.1 Å². The Labute approximate surface area is 178 Å². The molecule has 8 nitrogen and oxygen atoms in total. The minimum Gasteiger partial charge on any atom is -0.364 e. The largest absolute Gasteiger partial charge is 0.364 e. The molecular formula is C20H21ClFN7O. The zero-order chi connectivity index (χ0) is 21.4. The van der Waals surface area contributed by atoms with Crippen LogP contribution in [-0.4, -0.2) is 39.0 Å². The van der Waals surface area contributed by atoms with Crippen LogP contribution in [-0.2, 0) is 17.9 Å². The predicted octanol–water partition coefficient (Wildman–Crippen LogP) is 3.21. The van der Waals surface area contributed by atoms with Crippen LogP contribution in [0.15, 0.2) is 30.5 Å². The van der Waals surface area contributed by atoms with Gasteiger partial charge in [-0.15, -0.1) is 5.10 Å². The SMILES string of the molecule is Cc1nc(NCc2cn(Cc3cc(F)ccc3Cl)nn2)cc2c1NC(=O)[C@H](C)N2C. The molecule has 0 aliphatic carbocycles. The van der Waals surface area contributed by atoms with Gasteiger partial charge in [0.15, 0.2) is 0 Å². The van der Waals surface area contributed by atoms with Crippen molar-refractivity contribution in [1.29, 1.82) is 0 Å². The van der Waals surface area contributed by atoms with Gasteiger partial charge < -0.3 is 15.5 Å². The molecular weight excluding hydrogens is 409 g/mol. The fourth-order valence-corrected chi connectivity index (χ4v) is 3.49. The molecule has 1 atom stereocenters. The van der Waals surface area contributed by atoms with Crippen LogP contribution in [0.3, 0.4) is 0 Å². The van der Waals surface area contributed by atoms with Crippen LogP contribution >= 0.6 is 11.6 Å². The summed E-state index contributed by atoms with van der Waals surface area (Å²) in [5.74, 6) is 0.274. The van der Waals surface area contributed by atoms with Crippen molar-refractivity contribution in [3.63, 3.8) is 0 Å². The molecule has 30 heavy (non-hydrogen) atoms. The lowest BCUT2D eigenvalue weighted by Crippen LogP contribution is -2.44. The first kappa shape index (κ1) is 20.1. The highest BCUT2D eigenvalue weighted by Crippen LogP contribution is 2.34. The molecule has 3 heterocycles. The minimum absolute atomic E-state index is 0.0503. The lowest BCUT2D eigenvalue weighted by atomic mass is 10.1. The van der Waals surface area contributed by atoms with Gasteiger partial charge in [-0.3, -0.25) is 4.79 Å². The molecule has 3 aromatic rings. The van der Waals surface area contributed by atoms with E-state index in [-0.39, 0.29) is 17.8 Å². The standard InChI is InChI=1S/C20H21ClFN7O/c1-11-19-17(28(3)12(2)20(30)25-19)7-18(24-11)23-8-15-10-29(27-26-15)9-13-6-14(22)4-5-16(13)21/h4-7,10,12H,8-9H2,1-3H3,(H,23,24)(H,25,30)/t12-/m0/s1. The van der Waals surface area contributed by atoms with E-state index >= 15 is 0 Å². The van der Waals surface area contributed by atoms with Crippen molar-refractivity contribution >= 4 is 34.7 Å². The first-order valence-corrected chi connectivity index (χ1v) is 9.82. The second-order valence-electron chi connectivity index (χ2n) is 7.26. The van der Waals surface area contributed by atoms with E-state index in [1.165, 1.54) is 18.2 Å². The average Bonchev–Trinajstić information content (AvgIpc) is 3.16. The molecule has 0 unspecified atom stereocenters. The van der Waals surface area contributed by atoms with E-state index < -0.39 is 0 Å². The highest BCUT2D eigenvalue weighted by molar-refractivity contribution is 6.31. The van der Waals surface area contributed by atoms with Crippen LogP contribution in [0.25, 0.3) is 0 Å². The maximum Gasteiger partial charge on any atom is 0.246 e. The smallest absolute Gasteiger partial charge is 0.246 e. The minimum atomic E-state index is -0.347. The van der Waals surface area contributed by atoms with E-state index in [0.717, 1.165) is 17.1 Å². The molecule has 10 heteroatoms. The van der Waals surface area contributed by atoms with E-state index in [2.05, 4.69) is 25.9 Å². The van der Waals surface area contributed by atoms with Crippen LogP contribution in [0.4, 0.5) is 21.6 Å². The van der Waals surface area contributed by atoms with Crippen LogP contribution in [0.5, 0.6) is 0 Å². The molecule has 1 aromatic carbocycles. The van der Waals surface area contributed by atoms with Gasteiger partial charge >= 0.3 is 0 Å². The van der Waals surface area contributed by atoms with Crippen molar-refractivity contribution in [1.82, 2.24) is 20.0 Å². The molecule has 0 bridgehead atoms. The van der Waals surface area contributed by atoms with Gasteiger partial charge in [-0.05, 0) is 37.6 Å². The molecule has 4 rings (SSSR count). The highest BCUT2D eigenvalue weighted by Gasteiger charge is 2.28. The summed E-state index contributed by atoms with van der Waals surface area (Å²) in [6.07, 6.45) is 1.77. The molecule has 1 aliphatic rings. The second kappa shape index (κ2) is 7.91. The Kier molecular flexibility index (Phi) is 5.29. The summed E-state index contributed by atoms with van der Waals surface area (Å²) in [4.78, 5) is 18.5. The van der Waals surface area contributed by atoms with Crippen molar-refractivity contribution in [2.75, 3.05) is 22.6 Å². The molecule has 2 aromatic heterocycles. The fraction of sp³-hybridized carbons (Fsp3) is 0.300. The lowest BCUT2D eigenvalue weighted by molar-refractivity contribution is -0.117. The quantitative estimate of drug-likeness (QED) is 0.647. The van der Waals surface area contributed by atoms with Crippen LogP contribution in [0.1, 0.15) is 23.9 Å². The summed E-state index contributed by atoms with van der Waals surface area (Å²) < 4.78 is 15.0. The van der Waals surface area contributed by atoms with Gasteiger partial charge in [0.05, 0.1) is 36.4 Å². The fourth-order valence-electron chi connectivity index (χ4n) is 3.31. The monoisotopic (exact) mass is 429 g/mol. The van der Waals surface area contributed by atoms with Crippen molar-refractivity contribution in [2.24, 2.45) is 0 Å². The summed E-state index contributed by atoms with van der Waals surface area (Å²) >= 11 is 6.12. The number of anilines is 3. The summed E-state index contributed by atoms with van der Waals surface area (Å²) in [6, 6.07) is 5.87. The van der Waals surface area contributed by atoms with Gasteiger partial charge in [0, 0.05) is 18.1 Å². The van der Waals surface area contributed by atoms with Gasteiger partial charge in [0.25, 0.3) is 0 Å². The molecule has 2 N–H and O–H groups in total. The number of carbonyl (C=O) groups is 1. The first-order chi connectivity index (χ1) is 14.3. The number of nitrogens with one attached hydrogen (secondary N) is 2. The Hall–Kier alpha value is -3.20. The number of aryl methyl sites for hydroxylation is 1. The number of nitrogens with zero attached hydrogens (tertiary/aromatic N) is 5. The molecule has 0 saturated carbocycles. The van der Waals surface area contributed by atoms with Crippen LogP contribution < -0.4 is 15.5 Å². The lowest BCUT2D eigenvalue weighted by Gasteiger charge is -2.34. The third kappa shape index (κ3) is 3.93. The normalized spacial score (nSPS) is 15.7. The maximum atomic E-state index is 13.4. The number of aromatic nitrogens is 4. The van der Waals surface area contributed by atoms with Gasteiger partial charge in [0.2, 0.25) is 5.91 Å². The van der Waals surface area contributed by atoms with E-state index in [9.17, 15) is 9.18 Å². The number of carbonyl (C=O) groups excluding carboxylic acids is 1. The van der Waals surface area contributed by atoms with Crippen LogP contribution in [0.2, 0.25) is 5.02 Å². The van der Waals surface area contributed by atoms with Crippen LogP contribution in [0, 0.1) is 12.7 Å². The Balaban J connectivity index is 1.46. The Bertz CT molecular complexity index is 1120. The maximum absolute atomic E-state index is 13.4. The zero-order valence-electron chi connectivity index (χ0n) is 16.8. The summed E-state index contributed by atoms with van der Waals surface area (Å²) in [7, 11) is 1.88. The van der Waals surface area contributed by atoms with E-state index in [1.807, 2.05) is 31.9 Å². The predicted molar refractivity (Wildman–Crippen MR) is 113 cm³/mol. The average molecular weight is 430 g/mol. The van der Waals surface area contributed by atoms with Crippen molar-refractivity contribution < 1.29 is 9.18 Å². The Morgan fingerprint density at radius 3 is 2.93 bits per heavy atom. The third-order valence-electron chi connectivity index (χ3n) is 5.14. The van der Waals surface area contributed by atoms with Crippen molar-refractivity contribution in [3.8, 4) is 0 Å². The molecule has 0 saturated heterocycles. The highest BCUT2D eigenvalue weighted by atomic mass is 35.5. The molecule has 156 valence electrons. The number of benzene rings is 1. The molecule has 1 aliphatic heterocycles. The Morgan fingerprint density at radius 2 is 2.13 bits per heavy atom. The number of pyridine rings is 1. The summed E-state index contributed by atoms with van der Waals surface area (Å²) in [5, 5.41) is 14.9. The second-order valence-corrected chi connectivity index (χ2v) is 7.67. The van der Waals surface area contributed by atoms with Gasteiger partial charge in [0.1, 0.15) is 23.4 Å². The van der Waals surface area contributed by atoms with E-state index in [0.29, 0.717) is 35.2 Å². The molecule has 0 radical (unpaired) electrons. The Morgan fingerprint density at radius 1 is 1.33 bits per heavy atom. The molecule has 0 spiro atoms. The summed E-state index contributed by atoms with van der Waals surface area (Å²) in [6.45, 7) is 4.44. The van der Waals surface area contributed by atoms with Crippen molar-refractivity contribution in [3.05, 3.63) is 58.3 Å². The number of halogens is 2. The number of likely N-dealkylation sites (N-methyl/N-ethyl adjacent to an activating group) is 1. The number of hydrogen-bond acceptors (Lipinski definition) is 6. The van der Waals surface area contributed by atoms with Crippen molar-refractivity contribution in [2.45, 2.75) is 33.0 Å². The number of hydrogen-bond donors (Lipinski definition) is 2. The molecule has 0 fully saturated rings.